The number of aliphatic hydroxyl groups excluding tert-OH is 1. The van der Waals surface area contributed by atoms with E-state index < -0.39 is 18.6 Å². The van der Waals surface area contributed by atoms with E-state index in [2.05, 4.69) is 4.74 Å². The summed E-state index contributed by atoms with van der Waals surface area (Å²) in [5.74, 6) is -0.358. The molecule has 0 heterocycles. The Morgan fingerprint density at radius 2 is 1.81 bits per heavy atom. The maximum Gasteiger partial charge on any atom is 0.573 e. The van der Waals surface area contributed by atoms with Crippen LogP contribution in [0, 0.1) is 5.41 Å². The van der Waals surface area contributed by atoms with Crippen molar-refractivity contribution in [3.05, 3.63) is 29.8 Å². The first kappa shape index (κ1) is 17.8. The molecular weight excluding hydrogens is 285 g/mol. The minimum Gasteiger partial charge on any atom is -0.406 e. The Balaban J connectivity index is 3.00. The third-order valence-corrected chi connectivity index (χ3v) is 2.92. The molecule has 1 aromatic rings. The van der Waals surface area contributed by atoms with Crippen molar-refractivity contribution in [1.29, 1.82) is 0 Å². The second-order valence-electron chi connectivity index (χ2n) is 5.81. The maximum absolute atomic E-state index is 12.2. The molecule has 6 heteroatoms. The van der Waals surface area contributed by atoms with Gasteiger partial charge in [0.2, 0.25) is 0 Å². The Bertz CT molecular complexity index is 452. The summed E-state index contributed by atoms with van der Waals surface area (Å²) >= 11 is 0. The normalized spacial score (nSPS) is 15.6. The standard InChI is InChI=1S/C15H21F3O3/c1-5-20-13(14(2,3)4)12(19)10-7-6-8-11(9-10)21-15(16,17)18/h6-9,12-13,19H,5H2,1-4H3. The quantitative estimate of drug-likeness (QED) is 0.891. The predicted molar refractivity (Wildman–Crippen MR) is 73.0 cm³/mol. The Morgan fingerprint density at radius 1 is 1.19 bits per heavy atom. The van der Waals surface area contributed by atoms with Gasteiger partial charge in [-0.05, 0) is 30.0 Å². The molecule has 3 nitrogen and oxygen atoms in total. The zero-order chi connectivity index (χ0) is 16.3. The van der Waals surface area contributed by atoms with E-state index in [1.165, 1.54) is 18.2 Å². The van der Waals surface area contributed by atoms with E-state index in [0.29, 0.717) is 12.2 Å². The van der Waals surface area contributed by atoms with Crippen molar-refractivity contribution in [2.24, 2.45) is 5.41 Å². The molecule has 0 amide bonds. The first-order valence-corrected chi connectivity index (χ1v) is 6.70. The van der Waals surface area contributed by atoms with Crippen LogP contribution in [-0.2, 0) is 4.74 Å². The van der Waals surface area contributed by atoms with Crippen LogP contribution in [0.3, 0.4) is 0 Å². The van der Waals surface area contributed by atoms with Crippen LogP contribution in [0.2, 0.25) is 0 Å². The summed E-state index contributed by atoms with van der Waals surface area (Å²) in [6.07, 6.45) is -6.34. The lowest BCUT2D eigenvalue weighted by Crippen LogP contribution is -2.35. The molecule has 1 rings (SSSR count). The highest BCUT2D eigenvalue weighted by atomic mass is 19.4. The number of halogens is 3. The van der Waals surface area contributed by atoms with E-state index >= 15 is 0 Å². The van der Waals surface area contributed by atoms with Gasteiger partial charge in [0.15, 0.2) is 0 Å². The van der Waals surface area contributed by atoms with Crippen LogP contribution in [0.5, 0.6) is 5.75 Å². The number of benzene rings is 1. The monoisotopic (exact) mass is 306 g/mol. The summed E-state index contributed by atoms with van der Waals surface area (Å²) in [6.45, 7) is 7.89. The van der Waals surface area contributed by atoms with Gasteiger partial charge in [0, 0.05) is 6.61 Å². The Kier molecular flexibility index (Phi) is 5.64. The van der Waals surface area contributed by atoms with Crippen LogP contribution < -0.4 is 4.74 Å². The van der Waals surface area contributed by atoms with Crippen molar-refractivity contribution in [3.8, 4) is 5.75 Å². The van der Waals surface area contributed by atoms with Gasteiger partial charge in [-0.1, -0.05) is 32.9 Å². The minimum atomic E-state index is -4.76. The highest BCUT2D eigenvalue weighted by molar-refractivity contribution is 5.30. The first-order chi connectivity index (χ1) is 9.54. The van der Waals surface area contributed by atoms with Crippen LogP contribution in [0.25, 0.3) is 0 Å². The van der Waals surface area contributed by atoms with E-state index in [0.717, 1.165) is 0 Å². The molecule has 0 aliphatic heterocycles. The van der Waals surface area contributed by atoms with Crippen molar-refractivity contribution in [2.75, 3.05) is 6.61 Å². The summed E-state index contributed by atoms with van der Waals surface area (Å²) in [7, 11) is 0. The molecule has 1 N–H and O–H groups in total. The van der Waals surface area contributed by atoms with Crippen LogP contribution in [0.4, 0.5) is 13.2 Å². The topological polar surface area (TPSA) is 38.7 Å². The largest absolute Gasteiger partial charge is 0.573 e. The van der Waals surface area contributed by atoms with Gasteiger partial charge in [-0.2, -0.15) is 0 Å². The zero-order valence-corrected chi connectivity index (χ0v) is 12.6. The summed E-state index contributed by atoms with van der Waals surface area (Å²) < 4.78 is 46.1. The molecule has 0 fully saturated rings. The van der Waals surface area contributed by atoms with E-state index in [-0.39, 0.29) is 11.2 Å². The molecule has 1 aromatic carbocycles. The molecule has 0 aliphatic carbocycles. The lowest BCUT2D eigenvalue weighted by molar-refractivity contribution is -0.274. The fraction of sp³-hybridized carbons (Fsp3) is 0.600. The highest BCUT2D eigenvalue weighted by Crippen LogP contribution is 2.34. The summed E-state index contributed by atoms with van der Waals surface area (Å²) in [4.78, 5) is 0. The second-order valence-corrected chi connectivity index (χ2v) is 5.81. The van der Waals surface area contributed by atoms with E-state index in [1.54, 1.807) is 13.0 Å². The lowest BCUT2D eigenvalue weighted by atomic mass is 9.83. The molecule has 0 aliphatic rings. The molecular formula is C15H21F3O3. The van der Waals surface area contributed by atoms with E-state index in [4.69, 9.17) is 4.74 Å². The molecule has 0 radical (unpaired) electrons. The van der Waals surface area contributed by atoms with Gasteiger partial charge >= 0.3 is 6.36 Å². The summed E-state index contributed by atoms with van der Waals surface area (Å²) in [5, 5.41) is 10.4. The Morgan fingerprint density at radius 3 is 2.29 bits per heavy atom. The number of aliphatic hydroxyl groups is 1. The van der Waals surface area contributed by atoms with Crippen molar-refractivity contribution in [1.82, 2.24) is 0 Å². The van der Waals surface area contributed by atoms with Crippen LogP contribution in [0.15, 0.2) is 24.3 Å². The SMILES string of the molecule is CCOC(C(O)c1cccc(OC(F)(F)F)c1)C(C)(C)C. The molecule has 2 atom stereocenters. The van der Waals surface area contributed by atoms with Crippen molar-refractivity contribution in [2.45, 2.75) is 46.3 Å². The molecule has 0 bridgehead atoms. The number of hydrogen-bond acceptors (Lipinski definition) is 3. The minimum absolute atomic E-state index is 0.324. The van der Waals surface area contributed by atoms with Gasteiger partial charge in [0.1, 0.15) is 11.9 Å². The summed E-state index contributed by atoms with van der Waals surface area (Å²) in [6, 6.07) is 5.32. The second kappa shape index (κ2) is 6.66. The van der Waals surface area contributed by atoms with Gasteiger partial charge in [-0.25, -0.2) is 0 Å². The molecule has 2 unspecified atom stereocenters. The van der Waals surface area contributed by atoms with Gasteiger partial charge in [-0.3, -0.25) is 0 Å². The fourth-order valence-electron chi connectivity index (χ4n) is 2.06. The van der Waals surface area contributed by atoms with Crippen LogP contribution in [-0.4, -0.2) is 24.2 Å². The Labute approximate surface area is 122 Å². The lowest BCUT2D eigenvalue weighted by Gasteiger charge is -2.34. The fourth-order valence-corrected chi connectivity index (χ4v) is 2.06. The Hall–Kier alpha value is -1.27. The van der Waals surface area contributed by atoms with Gasteiger partial charge < -0.3 is 14.6 Å². The van der Waals surface area contributed by atoms with Crippen molar-refractivity contribution < 1.29 is 27.8 Å². The van der Waals surface area contributed by atoms with Crippen molar-refractivity contribution in [3.63, 3.8) is 0 Å². The van der Waals surface area contributed by atoms with Gasteiger partial charge in [0.25, 0.3) is 0 Å². The summed E-state index contributed by atoms with van der Waals surface area (Å²) in [5.41, 5.74) is -0.0406. The molecule has 0 aromatic heterocycles. The van der Waals surface area contributed by atoms with Crippen LogP contribution in [0.1, 0.15) is 39.4 Å². The van der Waals surface area contributed by atoms with Gasteiger partial charge in [-0.15, -0.1) is 13.2 Å². The maximum atomic E-state index is 12.2. The number of hydrogen-bond donors (Lipinski definition) is 1. The third kappa shape index (κ3) is 5.55. The average molecular weight is 306 g/mol. The average Bonchev–Trinajstić information content (AvgIpc) is 2.32. The van der Waals surface area contributed by atoms with E-state index in [1.807, 2.05) is 20.8 Å². The first-order valence-electron chi connectivity index (χ1n) is 6.70. The van der Waals surface area contributed by atoms with Crippen LogP contribution >= 0.6 is 0 Å². The number of rotatable bonds is 5. The zero-order valence-electron chi connectivity index (χ0n) is 12.6. The molecule has 0 spiro atoms. The van der Waals surface area contributed by atoms with Crippen molar-refractivity contribution >= 4 is 0 Å². The molecule has 120 valence electrons. The predicted octanol–water partition coefficient (Wildman–Crippen LogP) is 4.07. The molecule has 21 heavy (non-hydrogen) atoms. The smallest absolute Gasteiger partial charge is 0.406 e. The molecule has 0 saturated carbocycles. The number of alkyl halides is 3. The highest BCUT2D eigenvalue weighted by Gasteiger charge is 2.34. The van der Waals surface area contributed by atoms with E-state index in [9.17, 15) is 18.3 Å². The number of ether oxygens (including phenoxy) is 2. The third-order valence-electron chi connectivity index (χ3n) is 2.92. The molecule has 0 saturated heterocycles. The van der Waals surface area contributed by atoms with Gasteiger partial charge in [0.05, 0.1) is 6.10 Å².